The first-order valence-electron chi connectivity index (χ1n) is 22.2. The minimum atomic E-state index is -0.204. The highest BCUT2D eigenvalue weighted by molar-refractivity contribution is 7.99. The van der Waals surface area contributed by atoms with Gasteiger partial charge in [-0.3, -0.25) is 4.90 Å². The van der Waals surface area contributed by atoms with Gasteiger partial charge in [-0.05, 0) is 127 Å². The normalized spacial score (nSPS) is 22.1. The van der Waals surface area contributed by atoms with E-state index in [4.69, 9.17) is 28.1 Å². The lowest BCUT2D eigenvalue weighted by Crippen LogP contribution is -2.54. The van der Waals surface area contributed by atoms with Gasteiger partial charge in [0.25, 0.3) is 0 Å². The molecule has 1 aromatic heterocycles. The predicted octanol–water partition coefficient (Wildman–Crippen LogP) is 6.58. The maximum Gasteiger partial charge on any atom is 0.158 e. The van der Waals surface area contributed by atoms with E-state index in [9.17, 15) is 9.59 Å². The van der Waals surface area contributed by atoms with Crippen LogP contribution in [0.3, 0.4) is 0 Å². The number of hydrogen-bond donors (Lipinski definition) is 4. The zero-order valence-electron chi connectivity index (χ0n) is 36.2. The van der Waals surface area contributed by atoms with Crippen LogP contribution in [0.2, 0.25) is 5.02 Å². The summed E-state index contributed by atoms with van der Waals surface area (Å²) >= 11 is 7.78. The second kappa shape index (κ2) is 22.6. The summed E-state index contributed by atoms with van der Waals surface area (Å²) in [6.45, 7) is 13.4. The number of benzene rings is 2. The molecule has 12 nitrogen and oxygen atoms in total. The smallest absolute Gasteiger partial charge is 0.158 e. The molecule has 3 aromatic rings. The zero-order chi connectivity index (χ0) is 42.5. The number of nitrogens with two attached hydrogens (primary N) is 2. The Morgan fingerprint density at radius 3 is 2.27 bits per heavy atom. The molecule has 2 aromatic carbocycles. The Hall–Kier alpha value is -3.46. The van der Waals surface area contributed by atoms with Gasteiger partial charge in [-0.15, -0.1) is 0 Å². The van der Waals surface area contributed by atoms with E-state index in [1.54, 1.807) is 6.07 Å². The predicted molar refractivity (Wildman–Crippen MR) is 249 cm³/mol. The summed E-state index contributed by atoms with van der Waals surface area (Å²) in [5.74, 6) is 2.53. The van der Waals surface area contributed by atoms with Crippen molar-refractivity contribution in [1.82, 2.24) is 30.4 Å². The molecule has 4 fully saturated rings. The molecular weight excluding hydrogens is 792 g/mol. The number of halogens is 1. The van der Waals surface area contributed by atoms with Crippen LogP contribution in [0.4, 0.5) is 23.0 Å². The van der Waals surface area contributed by atoms with E-state index in [-0.39, 0.29) is 11.5 Å². The Bertz CT molecular complexity index is 1810. The molecule has 3 saturated heterocycles. The number of anilines is 4. The molecule has 1 atom stereocenters. The Morgan fingerprint density at radius 2 is 1.60 bits per heavy atom. The van der Waals surface area contributed by atoms with E-state index in [0.29, 0.717) is 34.4 Å². The number of aromatic nitrogens is 2. The van der Waals surface area contributed by atoms with Crippen LogP contribution in [-0.4, -0.2) is 123 Å². The van der Waals surface area contributed by atoms with Crippen LogP contribution in [0, 0.1) is 11.8 Å². The van der Waals surface area contributed by atoms with Gasteiger partial charge in [0.05, 0.1) is 16.9 Å². The van der Waals surface area contributed by atoms with Gasteiger partial charge >= 0.3 is 0 Å². The van der Waals surface area contributed by atoms with E-state index in [1.165, 1.54) is 88.7 Å². The average Bonchev–Trinajstić information content (AvgIpc) is 3.27. The summed E-state index contributed by atoms with van der Waals surface area (Å²) in [4.78, 5) is 43.0. The average molecular weight is 862 g/mol. The first-order chi connectivity index (χ1) is 29.1. The van der Waals surface area contributed by atoms with Gasteiger partial charge in [-0.25, -0.2) is 9.97 Å². The molecule has 0 spiro atoms. The van der Waals surface area contributed by atoms with Crippen molar-refractivity contribution < 1.29 is 9.59 Å². The largest absolute Gasteiger partial charge is 0.397 e. The fourth-order valence-corrected chi connectivity index (χ4v) is 10.5. The molecule has 328 valence electrons. The van der Waals surface area contributed by atoms with Crippen LogP contribution in [-0.2, 0) is 9.59 Å². The highest BCUT2D eigenvalue weighted by Gasteiger charge is 2.34. The molecule has 14 heteroatoms. The second-order valence-corrected chi connectivity index (χ2v) is 19.0. The summed E-state index contributed by atoms with van der Waals surface area (Å²) in [6, 6.07) is 14.7. The summed E-state index contributed by atoms with van der Waals surface area (Å²) in [5.41, 5.74) is 15.2. The standard InChI is InChI=1S/C44H62ClN9O2S.C2H7N/c1-44(16-20-54(21-17-44)40-29-48-43(42(47)50-40)57-39-9-3-8-38(46)41(39)45)49-28-32-10-12-36(13-11-32)53-24-22-51(23-25-53)30-33-14-18-52(19-15-33)37-7-2-5-34(27-37)35(31-56)6-4-26-55;1-3-2/h2-3,5,7-9,26-27,29,31-33,35-36,49H,4,6,10-25,28,30,46H2,1H3,(H2,47,50);3H,1-2H3. The molecule has 1 saturated carbocycles. The SMILES string of the molecule is CC1(NCC2CCC(N3CCN(CC4CCN(c5cccc(C(C=O)CCC=O)c5)CC4)CC3)CC2)CCN(c2cnc(Sc3cccc(N)c3Cl)c(N)n2)CC1.CNC. The van der Waals surface area contributed by atoms with E-state index < -0.39 is 0 Å². The number of carbonyl (C=O) groups excluding carboxylic acids is 2. The lowest BCUT2D eigenvalue weighted by molar-refractivity contribution is -0.109. The topological polar surface area (TPSA) is 149 Å². The molecule has 6 N–H and O–H groups in total. The quantitative estimate of drug-likeness (QED) is 0.0964. The van der Waals surface area contributed by atoms with Crippen molar-refractivity contribution in [3.8, 4) is 0 Å². The van der Waals surface area contributed by atoms with E-state index in [2.05, 4.69) is 60.3 Å². The Balaban J connectivity index is 0.00000195. The minimum Gasteiger partial charge on any atom is -0.397 e. The number of nitrogens with one attached hydrogen (secondary N) is 2. The highest BCUT2D eigenvalue weighted by Crippen LogP contribution is 2.38. The van der Waals surface area contributed by atoms with Crippen LogP contribution in [0.15, 0.2) is 58.6 Å². The molecule has 1 aliphatic carbocycles. The fraction of sp³-hybridized carbons (Fsp3) is 0.609. The van der Waals surface area contributed by atoms with Crippen molar-refractivity contribution in [1.29, 1.82) is 0 Å². The maximum absolute atomic E-state index is 11.7. The first kappa shape index (κ1) is 46.1. The third-order valence-electron chi connectivity index (χ3n) is 13.3. The van der Waals surface area contributed by atoms with Gasteiger partial charge in [0.2, 0.25) is 0 Å². The third kappa shape index (κ3) is 12.6. The minimum absolute atomic E-state index is 0.128. The van der Waals surface area contributed by atoms with Gasteiger partial charge < -0.3 is 46.4 Å². The van der Waals surface area contributed by atoms with E-state index >= 15 is 0 Å². The number of piperidine rings is 2. The molecule has 0 bridgehead atoms. The van der Waals surface area contributed by atoms with E-state index in [0.717, 1.165) is 92.3 Å². The molecule has 1 unspecified atom stereocenters. The molecule has 4 aliphatic rings. The van der Waals surface area contributed by atoms with Crippen LogP contribution in [0.1, 0.15) is 82.6 Å². The van der Waals surface area contributed by atoms with Gasteiger partial charge in [0.1, 0.15) is 23.4 Å². The van der Waals surface area contributed by atoms with Crippen molar-refractivity contribution in [3.05, 3.63) is 59.2 Å². The summed E-state index contributed by atoms with van der Waals surface area (Å²) in [5, 5.41) is 7.90. The van der Waals surface area contributed by atoms with E-state index in [1.807, 2.05) is 38.5 Å². The molecule has 7 rings (SSSR count). The first-order valence-corrected chi connectivity index (χ1v) is 23.4. The van der Waals surface area contributed by atoms with Crippen LogP contribution < -0.4 is 31.9 Å². The summed E-state index contributed by atoms with van der Waals surface area (Å²) in [6.07, 6.45) is 14.5. The second-order valence-electron chi connectivity index (χ2n) is 17.6. The van der Waals surface area contributed by atoms with Crippen molar-refractivity contribution in [2.75, 3.05) is 101 Å². The number of rotatable bonds is 15. The highest BCUT2D eigenvalue weighted by atomic mass is 35.5. The molecule has 60 heavy (non-hydrogen) atoms. The monoisotopic (exact) mass is 861 g/mol. The number of hydrogen-bond acceptors (Lipinski definition) is 13. The number of nitrogen functional groups attached to an aromatic ring is 2. The zero-order valence-corrected chi connectivity index (χ0v) is 37.7. The van der Waals surface area contributed by atoms with Crippen molar-refractivity contribution in [2.24, 2.45) is 11.8 Å². The van der Waals surface area contributed by atoms with Crippen molar-refractivity contribution in [2.45, 2.75) is 98.6 Å². The number of nitrogens with zero attached hydrogens (tertiary/aromatic N) is 6. The maximum atomic E-state index is 11.7. The van der Waals surface area contributed by atoms with Crippen LogP contribution in [0.25, 0.3) is 0 Å². The Labute approximate surface area is 367 Å². The summed E-state index contributed by atoms with van der Waals surface area (Å²) < 4.78 is 0. The van der Waals surface area contributed by atoms with Crippen LogP contribution in [0.5, 0.6) is 0 Å². The molecular formula is C46H69ClN10O2S. The van der Waals surface area contributed by atoms with Crippen molar-refractivity contribution in [3.63, 3.8) is 0 Å². The van der Waals surface area contributed by atoms with Gasteiger partial charge in [-0.1, -0.05) is 41.6 Å². The number of aldehydes is 2. The lowest BCUT2D eigenvalue weighted by Gasteiger charge is -2.44. The number of piperazine rings is 1. The summed E-state index contributed by atoms with van der Waals surface area (Å²) in [7, 11) is 3.75. The molecule has 3 aliphatic heterocycles. The number of carbonyl (C=O) groups is 2. The molecule has 0 radical (unpaired) electrons. The third-order valence-corrected chi connectivity index (χ3v) is 14.9. The van der Waals surface area contributed by atoms with Crippen molar-refractivity contribution >= 4 is 58.9 Å². The fourth-order valence-electron chi connectivity index (χ4n) is 9.40. The lowest BCUT2D eigenvalue weighted by atomic mass is 9.83. The Kier molecular flexibility index (Phi) is 17.3. The van der Waals surface area contributed by atoms with Gasteiger partial charge in [0, 0.05) is 93.4 Å². The molecule has 0 amide bonds. The Morgan fingerprint density at radius 1 is 0.900 bits per heavy atom. The van der Waals surface area contributed by atoms with Crippen LogP contribution >= 0.6 is 23.4 Å². The molecule has 4 heterocycles. The van der Waals surface area contributed by atoms with Gasteiger partial charge in [-0.2, -0.15) is 0 Å². The van der Waals surface area contributed by atoms with Gasteiger partial charge in [0.15, 0.2) is 5.82 Å².